The van der Waals surface area contributed by atoms with Crippen molar-refractivity contribution in [2.24, 2.45) is 7.05 Å². The van der Waals surface area contributed by atoms with E-state index in [2.05, 4.69) is 10.1 Å². The number of aryl methyl sites for hydroxylation is 1. The van der Waals surface area contributed by atoms with Crippen molar-refractivity contribution in [1.82, 2.24) is 24.2 Å². The summed E-state index contributed by atoms with van der Waals surface area (Å²) in [5.74, 6) is -0.104. The fraction of sp³-hybridized carbons (Fsp3) is 0.400. The molecule has 1 aromatic carbocycles. The fourth-order valence-corrected chi connectivity index (χ4v) is 3.72. The highest BCUT2D eigenvalue weighted by molar-refractivity contribution is 5.94. The number of likely N-dealkylation sites (tertiary alicyclic amines) is 1. The van der Waals surface area contributed by atoms with Gasteiger partial charge in [0.2, 0.25) is 0 Å². The molecular formula is C20H23N5O4. The normalized spacial score (nSPS) is 16.3. The first-order valence-corrected chi connectivity index (χ1v) is 9.49. The molecule has 0 saturated carbocycles. The molecule has 0 atom stereocenters. The topological polar surface area (TPSA) is 113 Å². The van der Waals surface area contributed by atoms with Crippen molar-refractivity contribution in [3.8, 4) is 0 Å². The number of fused-ring (bicyclic) bond motifs is 1. The molecule has 2 aromatic heterocycles. The van der Waals surface area contributed by atoms with E-state index >= 15 is 0 Å². The third kappa shape index (κ3) is 3.66. The quantitative estimate of drug-likeness (QED) is 0.654. The molecule has 0 radical (unpaired) electrons. The number of amides is 1. The third-order valence-electron chi connectivity index (χ3n) is 5.55. The molecule has 1 amide bonds. The van der Waals surface area contributed by atoms with Crippen LogP contribution in [0, 0.1) is 0 Å². The molecule has 0 spiro atoms. The molecule has 0 aliphatic carbocycles. The molecule has 152 valence electrons. The van der Waals surface area contributed by atoms with Gasteiger partial charge in [0.15, 0.2) is 5.65 Å². The van der Waals surface area contributed by atoms with Crippen LogP contribution in [0.2, 0.25) is 0 Å². The Kier molecular flexibility index (Phi) is 4.93. The highest BCUT2D eigenvalue weighted by atomic mass is 16.3. The van der Waals surface area contributed by atoms with Crippen molar-refractivity contribution in [3.05, 3.63) is 58.3 Å². The maximum atomic E-state index is 12.7. The number of nitrogens with zero attached hydrogens (tertiary/aromatic N) is 5. The Morgan fingerprint density at radius 2 is 1.90 bits per heavy atom. The first-order valence-electron chi connectivity index (χ1n) is 9.49. The first kappa shape index (κ1) is 19.3. The molecule has 3 heterocycles. The van der Waals surface area contributed by atoms with Gasteiger partial charge in [0, 0.05) is 25.7 Å². The lowest BCUT2D eigenvalue weighted by atomic mass is 9.91. The molecule has 1 aliphatic heterocycles. The van der Waals surface area contributed by atoms with Gasteiger partial charge in [-0.1, -0.05) is 12.1 Å². The fourth-order valence-electron chi connectivity index (χ4n) is 3.72. The summed E-state index contributed by atoms with van der Waals surface area (Å²) in [6.07, 6.45) is 3.65. The number of carbonyl (C=O) groups is 1. The van der Waals surface area contributed by atoms with Gasteiger partial charge in [0.05, 0.1) is 24.9 Å². The number of hydrogen-bond acceptors (Lipinski definition) is 6. The Labute approximate surface area is 166 Å². The van der Waals surface area contributed by atoms with Crippen molar-refractivity contribution >= 4 is 16.9 Å². The summed E-state index contributed by atoms with van der Waals surface area (Å²) in [6, 6.07) is 6.84. The summed E-state index contributed by atoms with van der Waals surface area (Å²) in [5, 5.41) is 24.6. The number of rotatable bonds is 4. The Morgan fingerprint density at radius 1 is 1.21 bits per heavy atom. The van der Waals surface area contributed by atoms with Crippen molar-refractivity contribution in [2.45, 2.75) is 31.6 Å². The lowest BCUT2D eigenvalue weighted by Crippen LogP contribution is -2.49. The van der Waals surface area contributed by atoms with Crippen LogP contribution in [0.1, 0.15) is 28.8 Å². The molecule has 0 bridgehead atoms. The van der Waals surface area contributed by atoms with E-state index in [1.165, 1.54) is 21.8 Å². The minimum atomic E-state index is -1.08. The van der Waals surface area contributed by atoms with E-state index in [1.807, 2.05) is 0 Å². The van der Waals surface area contributed by atoms with Crippen LogP contribution in [0.3, 0.4) is 0 Å². The van der Waals surface area contributed by atoms with Crippen LogP contribution in [-0.4, -0.2) is 59.0 Å². The van der Waals surface area contributed by atoms with E-state index < -0.39 is 5.60 Å². The smallest absolute Gasteiger partial charge is 0.264 e. The number of benzene rings is 1. The molecule has 2 N–H and O–H groups in total. The lowest BCUT2D eigenvalue weighted by molar-refractivity contribution is -0.0299. The van der Waals surface area contributed by atoms with Gasteiger partial charge in [0.1, 0.15) is 11.7 Å². The zero-order chi connectivity index (χ0) is 20.6. The molecule has 9 nitrogen and oxygen atoms in total. The van der Waals surface area contributed by atoms with Gasteiger partial charge in [-0.25, -0.2) is 4.98 Å². The Morgan fingerprint density at radius 3 is 2.55 bits per heavy atom. The predicted octanol–water partition coefficient (Wildman–Crippen LogP) is 0.290. The zero-order valence-corrected chi connectivity index (χ0v) is 16.2. The van der Waals surface area contributed by atoms with Gasteiger partial charge in [-0.3, -0.25) is 18.8 Å². The highest BCUT2D eigenvalue weighted by Gasteiger charge is 2.35. The minimum absolute atomic E-state index is 0.0652. The van der Waals surface area contributed by atoms with Crippen LogP contribution >= 0.6 is 0 Å². The maximum absolute atomic E-state index is 12.7. The van der Waals surface area contributed by atoms with Crippen LogP contribution in [0.25, 0.3) is 11.0 Å². The molecule has 1 fully saturated rings. The summed E-state index contributed by atoms with van der Waals surface area (Å²) in [7, 11) is 1.72. The molecule has 9 heteroatoms. The van der Waals surface area contributed by atoms with Gasteiger partial charge >= 0.3 is 0 Å². The van der Waals surface area contributed by atoms with Crippen molar-refractivity contribution in [3.63, 3.8) is 0 Å². The standard InChI is InChI=1S/C20H23N5O4/c1-23-17-16(10-22-23)19(28)25(13-21-17)12-20(29)6-8-24(9-7-20)18(27)15-4-2-14(11-26)3-5-15/h2-5,10,13,26,29H,6-9,11-12H2,1H3. The van der Waals surface area contributed by atoms with E-state index in [1.54, 1.807) is 36.2 Å². The van der Waals surface area contributed by atoms with Crippen LogP contribution in [0.15, 0.2) is 41.6 Å². The van der Waals surface area contributed by atoms with E-state index in [9.17, 15) is 14.7 Å². The van der Waals surface area contributed by atoms with Crippen molar-refractivity contribution in [1.29, 1.82) is 0 Å². The maximum Gasteiger partial charge on any atom is 0.264 e. The summed E-state index contributed by atoms with van der Waals surface area (Å²) in [4.78, 5) is 31.3. The van der Waals surface area contributed by atoms with E-state index in [-0.39, 0.29) is 24.6 Å². The van der Waals surface area contributed by atoms with Crippen LogP contribution < -0.4 is 5.56 Å². The molecule has 0 unspecified atom stereocenters. The van der Waals surface area contributed by atoms with E-state index in [0.29, 0.717) is 42.5 Å². The summed E-state index contributed by atoms with van der Waals surface area (Å²) >= 11 is 0. The second-order valence-electron chi connectivity index (χ2n) is 7.55. The Hall–Kier alpha value is -3.04. The summed E-state index contributed by atoms with van der Waals surface area (Å²) < 4.78 is 2.95. The molecule has 1 saturated heterocycles. The largest absolute Gasteiger partial charge is 0.392 e. The first-order chi connectivity index (χ1) is 13.9. The average Bonchev–Trinajstić information content (AvgIpc) is 3.12. The SMILES string of the molecule is Cn1ncc2c(=O)n(CC3(O)CCN(C(=O)c4ccc(CO)cc4)CC3)cnc21. The zero-order valence-electron chi connectivity index (χ0n) is 16.2. The average molecular weight is 397 g/mol. The van der Waals surface area contributed by atoms with Gasteiger partial charge in [-0.2, -0.15) is 5.10 Å². The van der Waals surface area contributed by atoms with Gasteiger partial charge in [-0.15, -0.1) is 0 Å². The Balaban J connectivity index is 1.44. The third-order valence-corrected chi connectivity index (χ3v) is 5.55. The van der Waals surface area contributed by atoms with E-state index in [4.69, 9.17) is 5.11 Å². The Bertz CT molecular complexity index is 1090. The van der Waals surface area contributed by atoms with Gasteiger partial charge in [-0.05, 0) is 30.5 Å². The molecule has 1 aliphatic rings. The molecule has 3 aromatic rings. The minimum Gasteiger partial charge on any atom is -0.392 e. The second kappa shape index (κ2) is 7.41. The molecule has 4 rings (SSSR count). The monoisotopic (exact) mass is 397 g/mol. The predicted molar refractivity (Wildman–Crippen MR) is 105 cm³/mol. The molecule has 29 heavy (non-hydrogen) atoms. The van der Waals surface area contributed by atoms with Crippen LogP contribution in [0.4, 0.5) is 0 Å². The number of hydrogen-bond donors (Lipinski definition) is 2. The number of carbonyl (C=O) groups excluding carboxylic acids is 1. The number of piperidine rings is 1. The second-order valence-corrected chi connectivity index (χ2v) is 7.55. The van der Waals surface area contributed by atoms with E-state index in [0.717, 1.165) is 5.56 Å². The number of aromatic nitrogens is 4. The van der Waals surface area contributed by atoms with Crippen LogP contribution in [-0.2, 0) is 20.2 Å². The molecular weight excluding hydrogens is 374 g/mol. The lowest BCUT2D eigenvalue weighted by Gasteiger charge is -2.38. The van der Waals surface area contributed by atoms with Crippen molar-refractivity contribution in [2.75, 3.05) is 13.1 Å². The van der Waals surface area contributed by atoms with Gasteiger partial charge in [0.25, 0.3) is 11.5 Å². The summed E-state index contributed by atoms with van der Waals surface area (Å²) in [6.45, 7) is 0.851. The van der Waals surface area contributed by atoms with Gasteiger partial charge < -0.3 is 15.1 Å². The number of aliphatic hydroxyl groups is 2. The van der Waals surface area contributed by atoms with Crippen molar-refractivity contribution < 1.29 is 15.0 Å². The highest BCUT2D eigenvalue weighted by Crippen LogP contribution is 2.25. The summed E-state index contributed by atoms with van der Waals surface area (Å²) in [5.41, 5.74) is 0.484. The number of aliphatic hydroxyl groups excluding tert-OH is 1. The van der Waals surface area contributed by atoms with Crippen LogP contribution in [0.5, 0.6) is 0 Å².